The van der Waals surface area contributed by atoms with E-state index in [-0.39, 0.29) is 0 Å². The topological polar surface area (TPSA) is 12.4 Å². The van der Waals surface area contributed by atoms with Gasteiger partial charge in [-0.2, -0.15) is 0 Å². The summed E-state index contributed by atoms with van der Waals surface area (Å²) in [7, 11) is 0. The fraction of sp³-hybridized carbons (Fsp3) is 0.240. The van der Waals surface area contributed by atoms with Gasteiger partial charge >= 0.3 is 0 Å². The smallest absolute Gasteiger partial charge is 0.0633 e. The molecule has 0 bridgehead atoms. The number of hydrogen-bond acceptors (Lipinski definition) is 1. The highest BCUT2D eigenvalue weighted by Crippen LogP contribution is 2.35. The minimum absolute atomic E-state index is 0.567. The van der Waals surface area contributed by atoms with Gasteiger partial charge in [-0.15, -0.1) is 0 Å². The average Bonchev–Trinajstić information content (AvgIpc) is 2.64. The Balaban J connectivity index is 2.06. The minimum Gasteiger partial charge on any atom is -0.253 e. The van der Waals surface area contributed by atoms with Gasteiger partial charge in [-0.25, -0.2) is 0 Å². The van der Waals surface area contributed by atoms with Gasteiger partial charge in [0.15, 0.2) is 0 Å². The molecule has 0 spiro atoms. The van der Waals surface area contributed by atoms with Gasteiger partial charge in [-0.05, 0) is 60.9 Å². The number of rotatable bonds is 4. The highest BCUT2D eigenvalue weighted by molar-refractivity contribution is 6.06. The van der Waals surface area contributed by atoms with Crippen LogP contribution < -0.4 is 0 Å². The zero-order chi connectivity index (χ0) is 18.7. The molecule has 3 rings (SSSR count). The molecule has 2 aromatic carbocycles. The molecule has 0 fully saturated rings. The molecule has 1 aliphatic rings. The summed E-state index contributed by atoms with van der Waals surface area (Å²) < 4.78 is 0. The van der Waals surface area contributed by atoms with Crippen LogP contribution in [-0.2, 0) is 0 Å². The van der Waals surface area contributed by atoms with E-state index in [9.17, 15) is 0 Å². The molecule has 26 heavy (non-hydrogen) atoms. The molecule has 1 unspecified atom stereocenters. The third-order valence-corrected chi connectivity index (χ3v) is 5.05. The Morgan fingerprint density at radius 3 is 2.50 bits per heavy atom. The molecule has 0 saturated heterocycles. The van der Waals surface area contributed by atoms with Crippen molar-refractivity contribution in [3.63, 3.8) is 0 Å². The van der Waals surface area contributed by atoms with E-state index in [0.29, 0.717) is 5.92 Å². The fourth-order valence-electron chi connectivity index (χ4n) is 3.59. The molecule has 0 amide bonds. The average molecular weight is 341 g/mol. The third-order valence-electron chi connectivity index (χ3n) is 5.05. The van der Waals surface area contributed by atoms with Crippen LogP contribution in [0, 0.1) is 12.8 Å². The maximum atomic E-state index is 4.84. The molecule has 132 valence electrons. The van der Waals surface area contributed by atoms with Crippen LogP contribution in [0.3, 0.4) is 0 Å². The van der Waals surface area contributed by atoms with Crippen molar-refractivity contribution in [2.45, 2.75) is 34.1 Å². The maximum absolute atomic E-state index is 4.84. The molecular formula is C25H27N. The molecular weight excluding hydrogens is 314 g/mol. The molecule has 1 nitrogen and oxygen atoms in total. The second kappa shape index (κ2) is 7.70. The Labute approximate surface area is 157 Å². The summed E-state index contributed by atoms with van der Waals surface area (Å²) in [6, 6.07) is 16.7. The highest BCUT2D eigenvalue weighted by Gasteiger charge is 2.18. The monoisotopic (exact) mass is 341 g/mol. The van der Waals surface area contributed by atoms with Gasteiger partial charge in [0.25, 0.3) is 0 Å². The molecule has 0 heterocycles. The predicted octanol–water partition coefficient (Wildman–Crippen LogP) is 6.84. The molecule has 0 aliphatic heterocycles. The van der Waals surface area contributed by atoms with Gasteiger partial charge < -0.3 is 0 Å². The van der Waals surface area contributed by atoms with Crippen molar-refractivity contribution >= 4 is 17.0 Å². The van der Waals surface area contributed by atoms with Gasteiger partial charge in [-0.3, -0.25) is 4.99 Å². The van der Waals surface area contributed by atoms with Crippen LogP contribution >= 0.6 is 0 Å². The van der Waals surface area contributed by atoms with E-state index in [2.05, 4.69) is 76.8 Å². The standard InChI is InChI=1S/C25H27N/c1-17-14-15-18(2)24(16-17)25-19(3)10-9-13-23(25)21(5)26-20(4)22-11-7-6-8-12-22/h6-15,17H,4,16H2,1-3,5H3. The highest BCUT2D eigenvalue weighted by atomic mass is 14.8. The van der Waals surface area contributed by atoms with Crippen LogP contribution in [0.1, 0.15) is 49.4 Å². The van der Waals surface area contributed by atoms with E-state index in [1.807, 2.05) is 18.2 Å². The number of hydrogen-bond donors (Lipinski definition) is 0. The quantitative estimate of drug-likeness (QED) is 0.540. The first-order valence-electron chi connectivity index (χ1n) is 9.25. The Morgan fingerprint density at radius 2 is 1.77 bits per heavy atom. The van der Waals surface area contributed by atoms with Crippen LogP contribution in [0.25, 0.3) is 11.3 Å². The molecule has 2 aromatic rings. The first kappa shape index (κ1) is 18.1. The molecule has 0 radical (unpaired) electrons. The van der Waals surface area contributed by atoms with Crippen LogP contribution in [0.2, 0.25) is 0 Å². The molecule has 0 aromatic heterocycles. The van der Waals surface area contributed by atoms with Crippen molar-refractivity contribution in [3.05, 3.63) is 95.1 Å². The van der Waals surface area contributed by atoms with E-state index in [1.165, 1.54) is 27.8 Å². The number of allylic oxidation sites excluding steroid dienone is 4. The SMILES string of the molecule is C=C(N=C(C)c1cccc(C)c1C1=C(C)C=CC(C)C1)c1ccccc1. The lowest BCUT2D eigenvalue weighted by molar-refractivity contribution is 0.743. The largest absolute Gasteiger partial charge is 0.253 e. The van der Waals surface area contributed by atoms with Gasteiger partial charge in [0, 0.05) is 11.3 Å². The molecule has 0 N–H and O–H groups in total. The van der Waals surface area contributed by atoms with Crippen molar-refractivity contribution < 1.29 is 0 Å². The Bertz CT molecular complexity index is 910. The second-order valence-electron chi connectivity index (χ2n) is 7.21. The normalized spacial score (nSPS) is 17.5. The summed E-state index contributed by atoms with van der Waals surface area (Å²) in [6.45, 7) is 12.9. The Kier molecular flexibility index (Phi) is 5.37. The van der Waals surface area contributed by atoms with E-state index in [4.69, 9.17) is 4.99 Å². The molecule has 1 heteroatoms. The number of aryl methyl sites for hydroxylation is 1. The number of nitrogens with zero attached hydrogens (tertiary/aromatic N) is 1. The van der Waals surface area contributed by atoms with Crippen molar-refractivity contribution in [2.75, 3.05) is 0 Å². The van der Waals surface area contributed by atoms with E-state index >= 15 is 0 Å². The Hall–Kier alpha value is -2.67. The van der Waals surface area contributed by atoms with E-state index < -0.39 is 0 Å². The van der Waals surface area contributed by atoms with Crippen LogP contribution in [0.15, 0.2) is 77.8 Å². The van der Waals surface area contributed by atoms with Gasteiger partial charge in [0.2, 0.25) is 0 Å². The number of benzene rings is 2. The molecule has 1 aliphatic carbocycles. The second-order valence-corrected chi connectivity index (χ2v) is 7.21. The summed E-state index contributed by atoms with van der Waals surface area (Å²) in [5.41, 5.74) is 9.52. The summed E-state index contributed by atoms with van der Waals surface area (Å²) in [6.07, 6.45) is 5.64. The fourth-order valence-corrected chi connectivity index (χ4v) is 3.59. The lowest BCUT2D eigenvalue weighted by atomic mass is 9.82. The minimum atomic E-state index is 0.567. The summed E-state index contributed by atoms with van der Waals surface area (Å²) in [5, 5.41) is 0. The van der Waals surface area contributed by atoms with E-state index in [0.717, 1.165) is 23.4 Å². The molecule has 0 saturated carbocycles. The van der Waals surface area contributed by atoms with Crippen molar-refractivity contribution in [2.24, 2.45) is 10.9 Å². The summed E-state index contributed by atoms with van der Waals surface area (Å²) >= 11 is 0. The van der Waals surface area contributed by atoms with Crippen molar-refractivity contribution in [1.29, 1.82) is 0 Å². The van der Waals surface area contributed by atoms with Crippen molar-refractivity contribution in [1.82, 2.24) is 0 Å². The van der Waals surface area contributed by atoms with E-state index in [1.54, 1.807) is 0 Å². The zero-order valence-electron chi connectivity index (χ0n) is 16.2. The lowest BCUT2D eigenvalue weighted by Crippen LogP contribution is -2.08. The number of aliphatic imine (C=N–C) groups is 1. The predicted molar refractivity (Wildman–Crippen MR) is 114 cm³/mol. The van der Waals surface area contributed by atoms with Crippen LogP contribution in [-0.4, -0.2) is 5.71 Å². The molecule has 1 atom stereocenters. The lowest BCUT2D eigenvalue weighted by Gasteiger charge is -2.23. The van der Waals surface area contributed by atoms with Gasteiger partial charge in [0.05, 0.1) is 5.70 Å². The first-order chi connectivity index (χ1) is 12.5. The maximum Gasteiger partial charge on any atom is 0.0633 e. The van der Waals surface area contributed by atoms with Gasteiger partial charge in [0.1, 0.15) is 0 Å². The van der Waals surface area contributed by atoms with Crippen LogP contribution in [0.4, 0.5) is 0 Å². The summed E-state index contributed by atoms with van der Waals surface area (Å²) in [5.74, 6) is 0.567. The first-order valence-corrected chi connectivity index (χ1v) is 9.25. The zero-order valence-corrected chi connectivity index (χ0v) is 16.2. The van der Waals surface area contributed by atoms with Crippen LogP contribution in [0.5, 0.6) is 0 Å². The summed E-state index contributed by atoms with van der Waals surface area (Å²) in [4.78, 5) is 4.84. The Morgan fingerprint density at radius 1 is 1.04 bits per heavy atom. The van der Waals surface area contributed by atoms with Crippen molar-refractivity contribution in [3.8, 4) is 0 Å². The third kappa shape index (κ3) is 3.77. The van der Waals surface area contributed by atoms with Gasteiger partial charge in [-0.1, -0.05) is 74.2 Å².